The highest BCUT2D eigenvalue weighted by Crippen LogP contribution is 2.28. The summed E-state index contributed by atoms with van der Waals surface area (Å²) in [5.74, 6) is -0.695. The summed E-state index contributed by atoms with van der Waals surface area (Å²) in [7, 11) is 1.45. The minimum Gasteiger partial charge on any atom is -0.493 e. The summed E-state index contributed by atoms with van der Waals surface area (Å²) < 4.78 is 15.4. The molecule has 28 heavy (non-hydrogen) atoms. The van der Waals surface area contributed by atoms with E-state index < -0.39 is 24.0 Å². The van der Waals surface area contributed by atoms with Gasteiger partial charge in [-0.3, -0.25) is 10.1 Å². The van der Waals surface area contributed by atoms with Gasteiger partial charge in [0.05, 0.1) is 7.11 Å². The van der Waals surface area contributed by atoms with Crippen LogP contribution in [-0.2, 0) is 14.3 Å². The monoisotopic (exact) mass is 389 g/mol. The molecule has 0 unspecified atom stereocenters. The van der Waals surface area contributed by atoms with E-state index in [0.29, 0.717) is 17.1 Å². The Balaban J connectivity index is 2.64. The van der Waals surface area contributed by atoms with Crippen molar-refractivity contribution in [3.63, 3.8) is 0 Å². The number of methoxy groups -OCH3 is 1. The molecule has 1 rings (SSSR count). The molecule has 1 aromatic carbocycles. The van der Waals surface area contributed by atoms with Crippen molar-refractivity contribution in [2.45, 2.75) is 32.9 Å². The number of imide groups is 1. The molecule has 9 nitrogen and oxygen atoms in total. The van der Waals surface area contributed by atoms with Gasteiger partial charge in [-0.15, -0.1) is 0 Å². The third-order valence-corrected chi connectivity index (χ3v) is 3.21. The van der Waals surface area contributed by atoms with Crippen molar-refractivity contribution in [2.75, 3.05) is 13.7 Å². The van der Waals surface area contributed by atoms with E-state index in [-0.39, 0.29) is 12.6 Å². The molecule has 0 aliphatic heterocycles. The highest BCUT2D eigenvalue weighted by atomic mass is 16.5. The summed E-state index contributed by atoms with van der Waals surface area (Å²) in [6.45, 7) is 4.73. The van der Waals surface area contributed by atoms with Crippen LogP contribution in [0.1, 0.15) is 26.3 Å². The lowest BCUT2D eigenvalue weighted by atomic mass is 10.2. The molecule has 0 heterocycles. The Morgan fingerprint density at radius 2 is 1.93 bits per heavy atom. The Morgan fingerprint density at radius 1 is 1.21 bits per heavy atom. The Kier molecular flexibility index (Phi) is 9.03. The average Bonchev–Trinajstić information content (AvgIpc) is 2.64. The molecular weight excluding hydrogens is 366 g/mol. The predicted molar refractivity (Wildman–Crippen MR) is 101 cm³/mol. The third kappa shape index (κ3) is 7.78. The van der Waals surface area contributed by atoms with Crippen LogP contribution in [0.2, 0.25) is 0 Å². The Labute approximate surface area is 163 Å². The Hall–Kier alpha value is -3.54. The topological polar surface area (TPSA) is 127 Å². The van der Waals surface area contributed by atoms with Crippen molar-refractivity contribution < 1.29 is 28.6 Å². The smallest absolute Gasteiger partial charge is 0.331 e. The van der Waals surface area contributed by atoms with Crippen LogP contribution in [0.3, 0.4) is 0 Å². The van der Waals surface area contributed by atoms with E-state index in [1.165, 1.54) is 20.1 Å². The number of carbonyl (C=O) groups excluding carboxylic acids is 3. The molecule has 1 atom stereocenters. The second-order valence-corrected chi connectivity index (χ2v) is 5.89. The lowest BCUT2D eigenvalue weighted by Crippen LogP contribution is -2.46. The number of hydrogen-bond donors (Lipinski definition) is 2. The number of esters is 1. The van der Waals surface area contributed by atoms with Gasteiger partial charge in [0.2, 0.25) is 0 Å². The van der Waals surface area contributed by atoms with Gasteiger partial charge in [-0.1, -0.05) is 6.07 Å². The molecule has 0 aliphatic carbocycles. The van der Waals surface area contributed by atoms with Crippen LogP contribution in [-0.4, -0.2) is 43.8 Å². The normalized spacial score (nSPS) is 11.4. The van der Waals surface area contributed by atoms with Crippen LogP contribution >= 0.6 is 0 Å². The minimum absolute atomic E-state index is 0.118. The van der Waals surface area contributed by atoms with Crippen LogP contribution in [0.4, 0.5) is 4.79 Å². The van der Waals surface area contributed by atoms with Crippen LogP contribution in [0.5, 0.6) is 11.5 Å². The first-order valence-electron chi connectivity index (χ1n) is 8.44. The van der Waals surface area contributed by atoms with Gasteiger partial charge >= 0.3 is 12.0 Å². The van der Waals surface area contributed by atoms with E-state index in [0.717, 1.165) is 6.08 Å². The minimum atomic E-state index is -1.15. The third-order valence-electron chi connectivity index (χ3n) is 3.21. The van der Waals surface area contributed by atoms with Crippen LogP contribution in [0.15, 0.2) is 24.3 Å². The lowest BCUT2D eigenvalue weighted by molar-refractivity contribution is -0.149. The highest BCUT2D eigenvalue weighted by Gasteiger charge is 2.19. The molecule has 0 aromatic heterocycles. The van der Waals surface area contributed by atoms with Gasteiger partial charge in [-0.2, -0.15) is 5.26 Å². The second-order valence-electron chi connectivity index (χ2n) is 5.89. The molecule has 0 fully saturated rings. The summed E-state index contributed by atoms with van der Waals surface area (Å²) in [5.41, 5.74) is 0.617. The molecular formula is C19H23N3O6. The number of carbonyl (C=O) groups is 3. The molecule has 9 heteroatoms. The van der Waals surface area contributed by atoms with Crippen molar-refractivity contribution >= 4 is 24.0 Å². The van der Waals surface area contributed by atoms with Crippen molar-refractivity contribution in [1.29, 1.82) is 5.26 Å². The maximum Gasteiger partial charge on any atom is 0.331 e. The summed E-state index contributed by atoms with van der Waals surface area (Å²) >= 11 is 0. The number of amides is 3. The van der Waals surface area contributed by atoms with Crippen molar-refractivity contribution in [2.24, 2.45) is 0 Å². The quantitative estimate of drug-likeness (QED) is 0.512. The first-order chi connectivity index (χ1) is 13.3. The van der Waals surface area contributed by atoms with E-state index in [1.807, 2.05) is 6.07 Å². The SMILES string of the molecule is COc1cc(/C=C/C(=O)O[C@H](C)C(=O)NC(=O)NC(C)C)ccc1OCC#N. The van der Waals surface area contributed by atoms with Gasteiger partial charge in [0.15, 0.2) is 24.2 Å². The number of nitrogens with one attached hydrogen (secondary N) is 2. The number of nitrogens with zero attached hydrogens (tertiary/aromatic N) is 1. The van der Waals surface area contributed by atoms with Crippen molar-refractivity contribution in [1.82, 2.24) is 10.6 Å². The molecule has 1 aromatic rings. The van der Waals surface area contributed by atoms with Crippen LogP contribution in [0.25, 0.3) is 6.08 Å². The largest absolute Gasteiger partial charge is 0.493 e. The average molecular weight is 389 g/mol. The predicted octanol–water partition coefficient (Wildman–Crippen LogP) is 1.78. The Bertz CT molecular complexity index is 782. The van der Waals surface area contributed by atoms with E-state index in [9.17, 15) is 14.4 Å². The van der Waals surface area contributed by atoms with Gasteiger partial charge in [0, 0.05) is 12.1 Å². The Morgan fingerprint density at radius 3 is 2.54 bits per heavy atom. The zero-order chi connectivity index (χ0) is 21.1. The molecule has 3 amide bonds. The van der Waals surface area contributed by atoms with E-state index in [4.69, 9.17) is 19.5 Å². The first-order valence-corrected chi connectivity index (χ1v) is 8.44. The zero-order valence-corrected chi connectivity index (χ0v) is 16.1. The number of nitriles is 1. The summed E-state index contributed by atoms with van der Waals surface area (Å²) in [6, 6.07) is 5.93. The van der Waals surface area contributed by atoms with Gasteiger partial charge < -0.3 is 19.5 Å². The first kappa shape index (κ1) is 22.5. The number of hydrogen-bond acceptors (Lipinski definition) is 7. The molecule has 150 valence electrons. The molecule has 0 radical (unpaired) electrons. The highest BCUT2D eigenvalue weighted by molar-refractivity contribution is 5.98. The molecule has 0 aliphatic rings. The summed E-state index contributed by atoms with van der Waals surface area (Å²) in [6.07, 6.45) is 1.46. The summed E-state index contributed by atoms with van der Waals surface area (Å²) in [5, 5.41) is 13.1. The van der Waals surface area contributed by atoms with Gasteiger partial charge in [-0.25, -0.2) is 9.59 Å². The maximum absolute atomic E-state index is 11.9. The number of ether oxygens (including phenoxy) is 3. The fourth-order valence-corrected chi connectivity index (χ4v) is 1.96. The number of rotatable bonds is 8. The molecule has 0 bridgehead atoms. The maximum atomic E-state index is 11.9. The van der Waals surface area contributed by atoms with Gasteiger partial charge in [0.25, 0.3) is 5.91 Å². The lowest BCUT2D eigenvalue weighted by Gasteiger charge is -2.13. The van der Waals surface area contributed by atoms with Crippen molar-refractivity contribution in [3.8, 4) is 17.6 Å². The number of benzene rings is 1. The van der Waals surface area contributed by atoms with Crippen LogP contribution in [0, 0.1) is 11.3 Å². The van der Waals surface area contributed by atoms with Crippen LogP contribution < -0.4 is 20.1 Å². The second kappa shape index (κ2) is 11.2. The van der Waals surface area contributed by atoms with E-state index in [2.05, 4.69) is 10.6 Å². The fraction of sp³-hybridized carbons (Fsp3) is 0.368. The molecule has 2 N–H and O–H groups in total. The van der Waals surface area contributed by atoms with E-state index >= 15 is 0 Å². The zero-order valence-electron chi connectivity index (χ0n) is 16.1. The number of urea groups is 1. The summed E-state index contributed by atoms with van der Waals surface area (Å²) in [4.78, 5) is 35.2. The standard InChI is InChI=1S/C19H23N3O6/c1-12(2)21-19(25)22-18(24)13(3)28-17(23)8-6-14-5-7-15(27-10-9-20)16(11-14)26-4/h5-8,11-13H,10H2,1-4H3,(H2,21,22,24,25)/b8-6+/t13-/m1/s1. The fourth-order valence-electron chi connectivity index (χ4n) is 1.96. The molecule has 0 spiro atoms. The van der Waals surface area contributed by atoms with E-state index in [1.54, 1.807) is 32.0 Å². The molecule has 0 saturated carbocycles. The van der Waals surface area contributed by atoms with Gasteiger partial charge in [-0.05, 0) is 44.5 Å². The van der Waals surface area contributed by atoms with Crippen molar-refractivity contribution in [3.05, 3.63) is 29.8 Å². The molecule has 0 saturated heterocycles. The van der Waals surface area contributed by atoms with Gasteiger partial charge in [0.1, 0.15) is 6.07 Å².